The van der Waals surface area contributed by atoms with Crippen molar-refractivity contribution in [2.45, 2.75) is 19.3 Å². The fraction of sp³-hybridized carbons (Fsp3) is 0.267. The Morgan fingerprint density at radius 3 is 2.68 bits per heavy atom. The van der Waals surface area contributed by atoms with Crippen molar-refractivity contribution >= 4 is 13.5 Å². The largest absolute Gasteiger partial charge is 0.508 e. The van der Waals surface area contributed by atoms with Crippen LogP contribution in [0.4, 0.5) is 0 Å². The van der Waals surface area contributed by atoms with Gasteiger partial charge in [0.05, 0.1) is 5.71 Å². The predicted molar refractivity (Wildman–Crippen MR) is 84.0 cm³/mol. The van der Waals surface area contributed by atoms with Crippen LogP contribution in [0.1, 0.15) is 24.8 Å². The average Bonchev–Trinajstić information content (AvgIpc) is 2.40. The number of aliphatic hydroxyl groups excluding tert-OH is 1. The molecule has 0 fully saturated rings. The van der Waals surface area contributed by atoms with E-state index in [4.69, 9.17) is 9.79 Å². The molecular formula is C15H18NO5P. The zero-order chi connectivity index (χ0) is 16.3. The SMILES string of the molecule is CC(CC1C=CC(O)=C/C1=N\P(=O)(O)O)c1cccc(O)c1. The molecule has 118 valence electrons. The molecule has 0 heterocycles. The molecule has 0 radical (unpaired) electrons. The van der Waals surface area contributed by atoms with E-state index in [0.717, 1.165) is 5.56 Å². The molecule has 2 atom stereocenters. The summed E-state index contributed by atoms with van der Waals surface area (Å²) in [5.74, 6) is -0.197. The van der Waals surface area contributed by atoms with E-state index in [1.54, 1.807) is 24.3 Å². The Balaban J connectivity index is 2.22. The number of aromatic hydroxyl groups is 1. The van der Waals surface area contributed by atoms with Crippen LogP contribution in [0, 0.1) is 5.92 Å². The van der Waals surface area contributed by atoms with Gasteiger partial charge in [-0.1, -0.05) is 25.1 Å². The predicted octanol–water partition coefficient (Wildman–Crippen LogP) is 3.05. The number of nitrogens with zero attached hydrogens (tertiary/aromatic N) is 1. The first-order chi connectivity index (χ1) is 10.2. The minimum absolute atomic E-state index is 0.0392. The number of hydrogen-bond donors (Lipinski definition) is 4. The summed E-state index contributed by atoms with van der Waals surface area (Å²) < 4.78 is 14.5. The maximum absolute atomic E-state index is 11.1. The summed E-state index contributed by atoms with van der Waals surface area (Å²) >= 11 is 0. The third-order valence-corrected chi connectivity index (χ3v) is 3.96. The fourth-order valence-electron chi connectivity index (χ4n) is 2.42. The first kappa shape index (κ1) is 16.5. The van der Waals surface area contributed by atoms with Crippen molar-refractivity contribution in [3.63, 3.8) is 0 Å². The molecule has 0 bridgehead atoms. The summed E-state index contributed by atoms with van der Waals surface area (Å²) in [6.07, 6.45) is 4.96. The van der Waals surface area contributed by atoms with Gasteiger partial charge < -0.3 is 20.0 Å². The summed E-state index contributed by atoms with van der Waals surface area (Å²) in [6.45, 7) is 1.95. The molecule has 2 rings (SSSR count). The highest BCUT2D eigenvalue weighted by Gasteiger charge is 2.23. The molecule has 0 saturated heterocycles. The van der Waals surface area contributed by atoms with Gasteiger partial charge in [0.15, 0.2) is 0 Å². The van der Waals surface area contributed by atoms with Gasteiger partial charge in [-0.05, 0) is 36.1 Å². The summed E-state index contributed by atoms with van der Waals surface area (Å²) in [5, 5.41) is 19.0. The maximum atomic E-state index is 11.1. The second-order valence-corrected chi connectivity index (χ2v) is 6.53. The normalized spacial score (nSPS) is 21.7. The van der Waals surface area contributed by atoms with Crippen LogP contribution in [-0.2, 0) is 4.57 Å². The Labute approximate surface area is 128 Å². The van der Waals surface area contributed by atoms with Crippen LogP contribution in [0.5, 0.6) is 5.75 Å². The standard InChI is InChI=1S/C15H18NO5P/c1-10(11-3-2-4-13(17)8-11)7-12-5-6-14(18)9-15(12)16-22(19,20)21/h2-6,8-10,12,17-18H,7H2,1H3,(H2,19,20,21)/b16-15+. The molecule has 0 spiro atoms. The monoisotopic (exact) mass is 323 g/mol. The zero-order valence-corrected chi connectivity index (χ0v) is 12.9. The minimum Gasteiger partial charge on any atom is -0.508 e. The zero-order valence-electron chi connectivity index (χ0n) is 12.0. The van der Waals surface area contributed by atoms with Gasteiger partial charge in [-0.15, -0.1) is 0 Å². The van der Waals surface area contributed by atoms with Crippen molar-refractivity contribution in [3.8, 4) is 5.75 Å². The number of phenolic OH excluding ortho intramolecular Hbond substituents is 1. The molecule has 0 amide bonds. The Bertz CT molecular complexity index is 689. The van der Waals surface area contributed by atoms with Gasteiger partial charge in [-0.3, -0.25) is 0 Å². The second kappa shape index (κ2) is 6.48. The number of phenols is 1. The van der Waals surface area contributed by atoms with Gasteiger partial charge in [0, 0.05) is 12.0 Å². The van der Waals surface area contributed by atoms with Crippen LogP contribution in [0.15, 0.2) is 53.0 Å². The van der Waals surface area contributed by atoms with Crippen LogP contribution in [-0.4, -0.2) is 25.7 Å². The Kier molecular flexibility index (Phi) is 4.86. The molecule has 1 aliphatic rings. The van der Waals surface area contributed by atoms with E-state index in [9.17, 15) is 14.8 Å². The van der Waals surface area contributed by atoms with E-state index < -0.39 is 7.75 Å². The highest BCUT2D eigenvalue weighted by atomic mass is 31.2. The second-order valence-electron chi connectivity index (χ2n) is 5.30. The van der Waals surface area contributed by atoms with E-state index >= 15 is 0 Å². The number of rotatable bonds is 4. The van der Waals surface area contributed by atoms with E-state index in [2.05, 4.69) is 4.76 Å². The van der Waals surface area contributed by atoms with Gasteiger partial charge in [0.2, 0.25) is 0 Å². The van der Waals surface area contributed by atoms with Crippen molar-refractivity contribution in [1.29, 1.82) is 0 Å². The van der Waals surface area contributed by atoms with E-state index in [1.807, 2.05) is 13.0 Å². The molecule has 7 heteroatoms. The quantitative estimate of drug-likeness (QED) is 0.637. The van der Waals surface area contributed by atoms with Crippen molar-refractivity contribution in [1.82, 2.24) is 0 Å². The molecule has 0 saturated carbocycles. The highest BCUT2D eigenvalue weighted by molar-refractivity contribution is 7.50. The molecular weight excluding hydrogens is 305 g/mol. The average molecular weight is 323 g/mol. The van der Waals surface area contributed by atoms with Crippen molar-refractivity contribution < 1.29 is 24.6 Å². The highest BCUT2D eigenvalue weighted by Crippen LogP contribution is 2.39. The number of hydrogen-bond acceptors (Lipinski definition) is 3. The van der Waals surface area contributed by atoms with Crippen LogP contribution < -0.4 is 0 Å². The third kappa shape index (κ3) is 4.56. The summed E-state index contributed by atoms with van der Waals surface area (Å²) in [7, 11) is -4.56. The van der Waals surface area contributed by atoms with E-state index in [0.29, 0.717) is 6.42 Å². The molecule has 4 N–H and O–H groups in total. The number of benzene rings is 1. The van der Waals surface area contributed by atoms with Crippen molar-refractivity contribution in [2.24, 2.45) is 10.7 Å². The first-order valence-corrected chi connectivity index (χ1v) is 8.34. The molecule has 0 aliphatic heterocycles. The van der Waals surface area contributed by atoms with Gasteiger partial charge in [0.25, 0.3) is 0 Å². The molecule has 6 nitrogen and oxygen atoms in total. The molecule has 2 unspecified atom stereocenters. The van der Waals surface area contributed by atoms with Gasteiger partial charge >= 0.3 is 7.75 Å². The van der Waals surface area contributed by atoms with Gasteiger partial charge in [-0.25, -0.2) is 4.57 Å². The maximum Gasteiger partial charge on any atom is 0.448 e. The van der Waals surface area contributed by atoms with Gasteiger partial charge in [0.1, 0.15) is 11.5 Å². The lowest BCUT2D eigenvalue weighted by molar-refractivity contribution is 0.375. The summed E-state index contributed by atoms with van der Waals surface area (Å²) in [6, 6.07) is 6.86. The topological polar surface area (TPSA) is 110 Å². The van der Waals surface area contributed by atoms with Crippen molar-refractivity contribution in [3.05, 3.63) is 53.8 Å². The fourth-order valence-corrected chi connectivity index (χ4v) is 2.93. The number of aliphatic hydroxyl groups is 1. The van der Waals surface area contributed by atoms with E-state index in [-0.39, 0.29) is 29.1 Å². The van der Waals surface area contributed by atoms with Crippen LogP contribution in [0.3, 0.4) is 0 Å². The summed E-state index contributed by atoms with van der Waals surface area (Å²) in [4.78, 5) is 18.0. The first-order valence-electron chi connectivity index (χ1n) is 6.78. The molecule has 1 aromatic carbocycles. The number of allylic oxidation sites excluding steroid dienone is 3. The van der Waals surface area contributed by atoms with Crippen LogP contribution in [0.2, 0.25) is 0 Å². The lowest BCUT2D eigenvalue weighted by atomic mass is 9.85. The van der Waals surface area contributed by atoms with Crippen molar-refractivity contribution in [2.75, 3.05) is 0 Å². The Morgan fingerprint density at radius 1 is 1.32 bits per heavy atom. The smallest absolute Gasteiger partial charge is 0.448 e. The lowest BCUT2D eigenvalue weighted by Crippen LogP contribution is -2.16. The molecule has 0 aromatic heterocycles. The molecule has 1 aliphatic carbocycles. The Hall–Kier alpha value is -1.88. The van der Waals surface area contributed by atoms with Gasteiger partial charge in [-0.2, -0.15) is 4.76 Å². The molecule has 1 aromatic rings. The Morgan fingerprint density at radius 2 is 2.05 bits per heavy atom. The lowest BCUT2D eigenvalue weighted by Gasteiger charge is -2.21. The molecule has 22 heavy (non-hydrogen) atoms. The third-order valence-electron chi connectivity index (χ3n) is 3.47. The van der Waals surface area contributed by atoms with Crippen LogP contribution >= 0.6 is 7.75 Å². The van der Waals surface area contributed by atoms with E-state index in [1.165, 1.54) is 12.2 Å². The summed E-state index contributed by atoms with van der Waals surface area (Å²) in [5.41, 5.74) is 1.07. The minimum atomic E-state index is -4.56. The van der Waals surface area contributed by atoms with Crippen LogP contribution in [0.25, 0.3) is 0 Å².